The molecular formula is C20H20ClN5O3. The lowest BCUT2D eigenvalue weighted by Crippen LogP contribution is -2.16. The fraction of sp³-hybridized carbons (Fsp3) is 0.250. The van der Waals surface area contributed by atoms with Crippen LogP contribution in [0.1, 0.15) is 11.4 Å². The van der Waals surface area contributed by atoms with Crippen LogP contribution in [-0.4, -0.2) is 38.6 Å². The number of fused-ring (bicyclic) bond motifs is 1. The summed E-state index contributed by atoms with van der Waals surface area (Å²) in [5.74, 6) is 0.755. The maximum atomic E-state index is 12.7. The Morgan fingerprint density at radius 2 is 2.00 bits per heavy atom. The van der Waals surface area contributed by atoms with E-state index in [0.717, 1.165) is 22.6 Å². The molecule has 29 heavy (non-hydrogen) atoms. The van der Waals surface area contributed by atoms with Crippen molar-refractivity contribution >= 4 is 17.2 Å². The highest BCUT2D eigenvalue weighted by Gasteiger charge is 2.17. The highest BCUT2D eigenvalue weighted by molar-refractivity contribution is 6.30. The van der Waals surface area contributed by atoms with E-state index in [1.807, 2.05) is 24.3 Å². The maximum absolute atomic E-state index is 12.7. The van der Waals surface area contributed by atoms with Gasteiger partial charge in [-0.2, -0.15) is 5.10 Å². The molecule has 3 aromatic heterocycles. The summed E-state index contributed by atoms with van der Waals surface area (Å²) in [6.07, 6.45) is 3.87. The third-order valence-electron chi connectivity index (χ3n) is 4.61. The zero-order chi connectivity index (χ0) is 20.4. The van der Waals surface area contributed by atoms with E-state index in [0.29, 0.717) is 35.9 Å². The topological polar surface area (TPSA) is 86.4 Å². The molecule has 4 aromatic rings. The van der Waals surface area contributed by atoms with E-state index >= 15 is 0 Å². The van der Waals surface area contributed by atoms with Crippen molar-refractivity contribution in [1.29, 1.82) is 0 Å². The Bertz CT molecular complexity index is 1190. The molecule has 0 atom stereocenters. The zero-order valence-corrected chi connectivity index (χ0v) is 16.8. The predicted octanol–water partition coefficient (Wildman–Crippen LogP) is 2.94. The number of aromatic nitrogens is 5. The van der Waals surface area contributed by atoms with E-state index in [4.69, 9.17) is 26.1 Å². The van der Waals surface area contributed by atoms with Gasteiger partial charge in [0.1, 0.15) is 5.75 Å². The average Bonchev–Trinajstić information content (AvgIpc) is 3.30. The van der Waals surface area contributed by atoms with Crippen LogP contribution >= 0.6 is 11.6 Å². The Morgan fingerprint density at radius 3 is 2.66 bits per heavy atom. The summed E-state index contributed by atoms with van der Waals surface area (Å²) in [6, 6.07) is 9.15. The van der Waals surface area contributed by atoms with Gasteiger partial charge in [0, 0.05) is 37.9 Å². The van der Waals surface area contributed by atoms with Gasteiger partial charge < -0.3 is 9.47 Å². The summed E-state index contributed by atoms with van der Waals surface area (Å²) in [7, 11) is 3.23. The van der Waals surface area contributed by atoms with Gasteiger partial charge in [-0.1, -0.05) is 23.7 Å². The minimum atomic E-state index is -0.180. The molecule has 0 bridgehead atoms. The van der Waals surface area contributed by atoms with Crippen molar-refractivity contribution in [1.82, 2.24) is 24.4 Å². The van der Waals surface area contributed by atoms with Crippen LogP contribution in [0.3, 0.4) is 0 Å². The number of methoxy groups -OCH3 is 2. The summed E-state index contributed by atoms with van der Waals surface area (Å²) in [4.78, 5) is 17.5. The molecule has 0 amide bonds. The molecule has 1 aromatic carbocycles. The molecule has 9 heteroatoms. The highest BCUT2D eigenvalue weighted by Crippen LogP contribution is 2.29. The molecule has 1 N–H and O–H groups in total. The van der Waals surface area contributed by atoms with Crippen LogP contribution in [0.4, 0.5) is 0 Å². The van der Waals surface area contributed by atoms with Crippen molar-refractivity contribution in [3.8, 4) is 16.9 Å². The third-order valence-corrected chi connectivity index (χ3v) is 4.81. The Hall–Kier alpha value is -3.10. The normalized spacial score (nSPS) is 11.3. The van der Waals surface area contributed by atoms with Crippen LogP contribution in [0.25, 0.3) is 16.8 Å². The van der Waals surface area contributed by atoms with Gasteiger partial charge in [0.2, 0.25) is 0 Å². The van der Waals surface area contributed by atoms with E-state index in [2.05, 4.69) is 10.2 Å². The number of rotatable bonds is 7. The first-order chi connectivity index (χ1) is 14.1. The zero-order valence-electron chi connectivity index (χ0n) is 16.1. The smallest absolute Gasteiger partial charge is 0.272 e. The minimum absolute atomic E-state index is 0.180. The van der Waals surface area contributed by atoms with Crippen LogP contribution in [0, 0.1) is 0 Å². The monoisotopic (exact) mass is 413 g/mol. The van der Waals surface area contributed by atoms with Crippen molar-refractivity contribution in [3.05, 3.63) is 69.5 Å². The van der Waals surface area contributed by atoms with Gasteiger partial charge in [-0.05, 0) is 17.7 Å². The molecule has 150 valence electrons. The number of hydrogen-bond donors (Lipinski definition) is 1. The van der Waals surface area contributed by atoms with Gasteiger partial charge >= 0.3 is 0 Å². The summed E-state index contributed by atoms with van der Waals surface area (Å²) in [5.41, 5.74) is 3.58. The number of ether oxygens (including phenoxy) is 2. The van der Waals surface area contributed by atoms with Crippen LogP contribution in [0.5, 0.6) is 5.75 Å². The lowest BCUT2D eigenvalue weighted by Gasteiger charge is -2.06. The van der Waals surface area contributed by atoms with Crippen molar-refractivity contribution in [2.75, 3.05) is 14.2 Å². The first-order valence-corrected chi connectivity index (χ1v) is 9.41. The lowest BCUT2D eigenvalue weighted by atomic mass is 10.1. The number of nitrogens with zero attached hydrogens (tertiary/aromatic N) is 4. The molecule has 4 rings (SSSR count). The molecule has 0 saturated heterocycles. The Balaban J connectivity index is 1.77. The van der Waals surface area contributed by atoms with Crippen molar-refractivity contribution in [3.63, 3.8) is 0 Å². The first kappa shape index (κ1) is 19.2. The standard InChI is InChI=1S/C20H20ClN5O3/c1-28-12-17-19(13-3-5-16(29-2)6-4-13)20-23-15(9-18(27)26(20)24-17)7-8-25-11-14(21)10-22-25/h3-6,9-11,24H,7-8,12H2,1-2H3. The molecule has 0 radical (unpaired) electrons. The molecule has 0 unspecified atom stereocenters. The van der Waals surface area contributed by atoms with Crippen LogP contribution in [0.15, 0.2) is 47.5 Å². The highest BCUT2D eigenvalue weighted by atomic mass is 35.5. The van der Waals surface area contributed by atoms with Crippen molar-refractivity contribution < 1.29 is 9.47 Å². The largest absolute Gasteiger partial charge is 0.497 e. The number of aromatic amines is 1. The van der Waals surface area contributed by atoms with Crippen molar-refractivity contribution in [2.45, 2.75) is 19.6 Å². The van der Waals surface area contributed by atoms with Gasteiger partial charge in [-0.15, -0.1) is 0 Å². The number of hydrogen-bond acceptors (Lipinski definition) is 5. The third kappa shape index (κ3) is 3.90. The van der Waals surface area contributed by atoms with E-state index in [9.17, 15) is 4.79 Å². The molecular weight excluding hydrogens is 394 g/mol. The first-order valence-electron chi connectivity index (χ1n) is 9.04. The van der Waals surface area contributed by atoms with Gasteiger partial charge in [0.15, 0.2) is 5.65 Å². The SMILES string of the molecule is COCc1[nH]n2c(=O)cc(CCn3cc(Cl)cn3)nc2c1-c1ccc(OC)cc1. The van der Waals surface area contributed by atoms with E-state index < -0.39 is 0 Å². The lowest BCUT2D eigenvalue weighted by molar-refractivity contribution is 0.181. The molecule has 8 nitrogen and oxygen atoms in total. The number of halogens is 1. The van der Waals surface area contributed by atoms with E-state index in [1.54, 1.807) is 31.3 Å². The minimum Gasteiger partial charge on any atom is -0.497 e. The van der Waals surface area contributed by atoms with Gasteiger partial charge in [-0.25, -0.2) is 9.50 Å². The molecule has 3 heterocycles. The van der Waals surface area contributed by atoms with E-state index in [1.165, 1.54) is 10.6 Å². The Labute approximate surface area is 171 Å². The number of aryl methyl sites for hydroxylation is 2. The molecule has 0 saturated carbocycles. The quantitative estimate of drug-likeness (QED) is 0.503. The maximum Gasteiger partial charge on any atom is 0.272 e. The summed E-state index contributed by atoms with van der Waals surface area (Å²) < 4.78 is 13.7. The van der Waals surface area contributed by atoms with Crippen molar-refractivity contribution in [2.24, 2.45) is 0 Å². The fourth-order valence-electron chi connectivity index (χ4n) is 3.26. The second-order valence-corrected chi connectivity index (χ2v) is 6.98. The average molecular weight is 414 g/mol. The molecule has 0 spiro atoms. The number of nitrogens with one attached hydrogen (secondary N) is 1. The van der Waals surface area contributed by atoms with Gasteiger partial charge in [0.05, 0.1) is 36.3 Å². The van der Waals surface area contributed by atoms with Crippen LogP contribution in [0.2, 0.25) is 5.02 Å². The molecule has 0 aliphatic carbocycles. The number of benzene rings is 1. The second kappa shape index (κ2) is 8.10. The fourth-order valence-corrected chi connectivity index (χ4v) is 3.42. The molecule has 0 fully saturated rings. The van der Waals surface area contributed by atoms with Crippen LogP contribution in [-0.2, 0) is 24.3 Å². The summed E-state index contributed by atoms with van der Waals surface area (Å²) >= 11 is 5.91. The Morgan fingerprint density at radius 1 is 1.21 bits per heavy atom. The van der Waals surface area contributed by atoms with Gasteiger partial charge in [-0.3, -0.25) is 14.6 Å². The number of H-pyrrole nitrogens is 1. The second-order valence-electron chi connectivity index (χ2n) is 6.54. The van der Waals surface area contributed by atoms with E-state index in [-0.39, 0.29) is 5.56 Å². The van der Waals surface area contributed by atoms with Crippen LogP contribution < -0.4 is 10.3 Å². The van der Waals surface area contributed by atoms with Gasteiger partial charge in [0.25, 0.3) is 5.56 Å². The molecule has 0 aliphatic rings. The predicted molar refractivity (Wildman–Crippen MR) is 109 cm³/mol. The molecule has 0 aliphatic heterocycles. The Kier molecular flexibility index (Phi) is 5.37. The summed E-state index contributed by atoms with van der Waals surface area (Å²) in [5, 5.41) is 7.85. The summed E-state index contributed by atoms with van der Waals surface area (Å²) in [6.45, 7) is 0.897.